The molecule has 5 nitrogen and oxygen atoms in total. The van der Waals surface area contributed by atoms with Crippen molar-refractivity contribution in [3.05, 3.63) is 28.5 Å². The summed E-state index contributed by atoms with van der Waals surface area (Å²) in [7, 11) is -3.03. The number of nitrogens with zero attached hydrogens (tertiary/aromatic N) is 1. The second-order valence-electron chi connectivity index (χ2n) is 4.72. The molecule has 2 aromatic rings. The monoisotopic (exact) mass is 360 g/mol. The van der Waals surface area contributed by atoms with Gasteiger partial charge in [-0.1, -0.05) is 25.4 Å². The SMILES string of the molecule is CC.CCOP(=O)(CCc1nc2cc(Cl)c(C)cc2[nH]1)OCC. The molecule has 0 radical (unpaired) electrons. The summed E-state index contributed by atoms with van der Waals surface area (Å²) in [4.78, 5) is 7.68. The number of imidazole rings is 1. The van der Waals surface area contributed by atoms with E-state index in [0.717, 1.165) is 22.4 Å². The minimum Gasteiger partial charge on any atom is -0.342 e. The molecule has 0 saturated carbocycles. The molecule has 23 heavy (non-hydrogen) atoms. The third-order valence-corrected chi connectivity index (χ3v) is 5.57. The quantitative estimate of drug-likeness (QED) is 0.675. The van der Waals surface area contributed by atoms with Gasteiger partial charge in [0.25, 0.3) is 0 Å². The summed E-state index contributed by atoms with van der Waals surface area (Å²) in [6.45, 7) is 10.3. The van der Waals surface area contributed by atoms with Gasteiger partial charge in [-0.2, -0.15) is 0 Å². The first-order valence-electron chi connectivity index (χ1n) is 8.00. The molecule has 1 heterocycles. The highest BCUT2D eigenvalue weighted by molar-refractivity contribution is 7.53. The number of benzene rings is 1. The zero-order chi connectivity index (χ0) is 17.5. The van der Waals surface area contributed by atoms with Gasteiger partial charge in [0.15, 0.2) is 0 Å². The van der Waals surface area contributed by atoms with Crippen LogP contribution in [0.1, 0.15) is 39.1 Å². The lowest BCUT2D eigenvalue weighted by Crippen LogP contribution is -2.03. The van der Waals surface area contributed by atoms with Crippen molar-refractivity contribution in [3.63, 3.8) is 0 Å². The van der Waals surface area contributed by atoms with E-state index in [0.29, 0.717) is 30.8 Å². The van der Waals surface area contributed by atoms with Gasteiger partial charge < -0.3 is 14.0 Å². The van der Waals surface area contributed by atoms with Gasteiger partial charge in [0.1, 0.15) is 5.82 Å². The molecule has 0 fully saturated rings. The molecule has 2 rings (SSSR count). The molecule has 0 unspecified atom stereocenters. The Morgan fingerprint density at radius 1 is 1.22 bits per heavy atom. The fraction of sp³-hybridized carbons (Fsp3) is 0.562. The number of nitrogens with one attached hydrogen (secondary N) is 1. The summed E-state index contributed by atoms with van der Waals surface area (Å²) >= 11 is 6.09. The molecular formula is C16H26ClN2O3P. The van der Waals surface area contributed by atoms with Gasteiger partial charge in [0.05, 0.1) is 30.4 Å². The standard InChI is InChI=1S/C14H20ClN2O3P.C2H6/c1-4-19-21(18,20-5-2)7-6-14-16-12-8-10(3)11(15)9-13(12)17-14;1-2/h8-9H,4-7H2,1-3H3,(H,16,17);1-2H3. The second kappa shape index (κ2) is 9.43. The van der Waals surface area contributed by atoms with E-state index in [-0.39, 0.29) is 0 Å². The Kier molecular flexibility index (Phi) is 8.27. The molecule has 0 amide bonds. The maximum absolute atomic E-state index is 12.4. The largest absolute Gasteiger partial charge is 0.342 e. The highest BCUT2D eigenvalue weighted by Crippen LogP contribution is 2.48. The Morgan fingerprint density at radius 3 is 2.39 bits per heavy atom. The molecular weight excluding hydrogens is 335 g/mol. The van der Waals surface area contributed by atoms with Crippen LogP contribution in [0, 0.1) is 6.92 Å². The second-order valence-corrected chi connectivity index (χ2v) is 7.31. The van der Waals surface area contributed by atoms with Gasteiger partial charge in [-0.15, -0.1) is 0 Å². The molecule has 0 saturated heterocycles. The number of hydrogen-bond donors (Lipinski definition) is 1. The van der Waals surface area contributed by atoms with E-state index in [2.05, 4.69) is 9.97 Å². The van der Waals surface area contributed by atoms with Crippen molar-refractivity contribution < 1.29 is 13.6 Å². The topological polar surface area (TPSA) is 64.2 Å². The Hall–Kier alpha value is -0.870. The summed E-state index contributed by atoms with van der Waals surface area (Å²) < 4.78 is 23.0. The van der Waals surface area contributed by atoms with E-state index in [9.17, 15) is 4.57 Å². The van der Waals surface area contributed by atoms with E-state index in [1.165, 1.54) is 0 Å². The number of aromatic nitrogens is 2. The number of hydrogen-bond acceptors (Lipinski definition) is 4. The summed E-state index contributed by atoms with van der Waals surface area (Å²) in [5.74, 6) is 0.756. The minimum absolute atomic E-state index is 0.307. The number of halogens is 1. The number of aryl methyl sites for hydroxylation is 2. The predicted octanol–water partition coefficient (Wildman–Crippen LogP) is 5.36. The van der Waals surface area contributed by atoms with Crippen molar-refractivity contribution in [2.75, 3.05) is 19.4 Å². The lowest BCUT2D eigenvalue weighted by Gasteiger charge is -2.15. The number of fused-ring (bicyclic) bond motifs is 1. The first-order chi connectivity index (χ1) is 11.0. The number of H-pyrrole nitrogens is 1. The summed E-state index contributed by atoms with van der Waals surface area (Å²) in [6.07, 6.45) is 0.809. The Balaban J connectivity index is 0.00000127. The van der Waals surface area contributed by atoms with Gasteiger partial charge in [-0.3, -0.25) is 4.57 Å². The van der Waals surface area contributed by atoms with Gasteiger partial charge >= 0.3 is 7.60 Å². The van der Waals surface area contributed by atoms with Gasteiger partial charge in [0.2, 0.25) is 0 Å². The fourth-order valence-electron chi connectivity index (χ4n) is 2.11. The minimum atomic E-state index is -3.03. The van der Waals surface area contributed by atoms with E-state index in [1.54, 1.807) is 13.8 Å². The van der Waals surface area contributed by atoms with E-state index in [1.807, 2.05) is 32.9 Å². The van der Waals surface area contributed by atoms with Crippen molar-refractivity contribution >= 4 is 30.2 Å². The molecule has 0 aliphatic rings. The van der Waals surface area contributed by atoms with E-state index < -0.39 is 7.60 Å². The van der Waals surface area contributed by atoms with Crippen LogP contribution in [0.2, 0.25) is 5.02 Å². The Labute approximate surface area is 143 Å². The Morgan fingerprint density at radius 2 is 1.83 bits per heavy atom. The molecule has 0 atom stereocenters. The molecule has 130 valence electrons. The van der Waals surface area contributed by atoms with Crippen molar-refractivity contribution in [1.82, 2.24) is 9.97 Å². The molecule has 7 heteroatoms. The third-order valence-electron chi connectivity index (χ3n) is 3.09. The maximum atomic E-state index is 12.4. The van der Waals surface area contributed by atoms with Crippen LogP contribution < -0.4 is 0 Å². The number of aromatic amines is 1. The van der Waals surface area contributed by atoms with Crippen LogP contribution in [0.5, 0.6) is 0 Å². The van der Waals surface area contributed by atoms with Crippen LogP contribution in [-0.4, -0.2) is 29.3 Å². The van der Waals surface area contributed by atoms with Gasteiger partial charge in [-0.05, 0) is 38.5 Å². The summed E-state index contributed by atoms with van der Waals surface area (Å²) in [5, 5.41) is 0.690. The van der Waals surface area contributed by atoms with Crippen LogP contribution in [0.3, 0.4) is 0 Å². The van der Waals surface area contributed by atoms with Crippen LogP contribution in [-0.2, 0) is 20.0 Å². The van der Waals surface area contributed by atoms with Crippen molar-refractivity contribution in [2.24, 2.45) is 0 Å². The third kappa shape index (κ3) is 5.61. The summed E-state index contributed by atoms with van der Waals surface area (Å²) in [5.41, 5.74) is 2.73. The zero-order valence-electron chi connectivity index (χ0n) is 14.5. The molecule has 1 N–H and O–H groups in total. The summed E-state index contributed by atoms with van der Waals surface area (Å²) in [6, 6.07) is 3.79. The highest BCUT2D eigenvalue weighted by atomic mass is 35.5. The smallest absolute Gasteiger partial charge is 0.331 e. The first kappa shape index (κ1) is 20.2. The molecule has 0 aliphatic heterocycles. The van der Waals surface area contributed by atoms with Gasteiger partial charge in [0, 0.05) is 11.4 Å². The predicted molar refractivity (Wildman–Crippen MR) is 96.6 cm³/mol. The van der Waals surface area contributed by atoms with Crippen molar-refractivity contribution in [1.29, 1.82) is 0 Å². The maximum Gasteiger partial charge on any atom is 0.331 e. The lowest BCUT2D eigenvalue weighted by atomic mass is 10.2. The zero-order valence-corrected chi connectivity index (χ0v) is 16.1. The van der Waals surface area contributed by atoms with Crippen molar-refractivity contribution in [2.45, 2.75) is 41.0 Å². The molecule has 1 aromatic carbocycles. The molecule has 1 aromatic heterocycles. The average Bonchev–Trinajstić information content (AvgIpc) is 2.90. The Bertz CT molecular complexity index is 624. The van der Waals surface area contributed by atoms with Crippen molar-refractivity contribution in [3.8, 4) is 0 Å². The normalized spacial score (nSPS) is 11.4. The van der Waals surface area contributed by atoms with Crippen LogP contribution >= 0.6 is 19.2 Å². The van der Waals surface area contributed by atoms with Crippen LogP contribution in [0.25, 0.3) is 11.0 Å². The average molecular weight is 361 g/mol. The molecule has 0 bridgehead atoms. The van der Waals surface area contributed by atoms with E-state index >= 15 is 0 Å². The number of rotatable bonds is 7. The van der Waals surface area contributed by atoms with Gasteiger partial charge in [-0.25, -0.2) is 4.98 Å². The molecule has 0 aliphatic carbocycles. The molecule has 0 spiro atoms. The lowest BCUT2D eigenvalue weighted by molar-refractivity contribution is 0.220. The first-order valence-corrected chi connectivity index (χ1v) is 10.1. The highest BCUT2D eigenvalue weighted by Gasteiger charge is 2.23. The van der Waals surface area contributed by atoms with Crippen LogP contribution in [0.15, 0.2) is 12.1 Å². The van der Waals surface area contributed by atoms with E-state index in [4.69, 9.17) is 20.6 Å². The van der Waals surface area contributed by atoms with Crippen LogP contribution in [0.4, 0.5) is 0 Å². The fourth-order valence-corrected chi connectivity index (χ4v) is 3.88.